The number of benzene rings is 2. The molecule has 2 aromatic rings. The first-order valence-corrected chi connectivity index (χ1v) is 13.6. The SMILES string of the molecule is CN(CC(=O)O)C(=O)CCCN(C1CC(C)(C)Oc2ccc(OCc3ccccc3)cc21)S(C)(=O)=O. The van der Waals surface area contributed by atoms with Gasteiger partial charge in [-0.1, -0.05) is 30.3 Å². The molecule has 1 amide bonds. The van der Waals surface area contributed by atoms with Crippen LogP contribution in [0, 0.1) is 0 Å². The van der Waals surface area contributed by atoms with Crippen LogP contribution < -0.4 is 9.47 Å². The zero-order chi connectivity index (χ0) is 26.5. The number of rotatable bonds is 11. The third-order valence-electron chi connectivity index (χ3n) is 6.00. The van der Waals surface area contributed by atoms with Gasteiger partial charge in [-0.2, -0.15) is 4.31 Å². The Morgan fingerprint density at radius 1 is 1.17 bits per heavy atom. The van der Waals surface area contributed by atoms with Crippen LogP contribution in [0.1, 0.15) is 50.3 Å². The number of hydrogen-bond acceptors (Lipinski definition) is 6. The third-order valence-corrected chi connectivity index (χ3v) is 7.29. The second kappa shape index (κ2) is 11.3. The molecule has 0 fully saturated rings. The minimum Gasteiger partial charge on any atom is -0.489 e. The van der Waals surface area contributed by atoms with Gasteiger partial charge >= 0.3 is 5.97 Å². The Morgan fingerprint density at radius 3 is 2.50 bits per heavy atom. The van der Waals surface area contributed by atoms with Crippen molar-refractivity contribution in [2.24, 2.45) is 0 Å². The summed E-state index contributed by atoms with van der Waals surface area (Å²) in [5.74, 6) is -0.260. The minimum absolute atomic E-state index is 0.0372. The summed E-state index contributed by atoms with van der Waals surface area (Å²) in [6.07, 6.45) is 1.87. The normalized spacial score (nSPS) is 16.6. The first-order chi connectivity index (χ1) is 16.9. The Kier molecular flexibility index (Phi) is 8.63. The molecule has 2 aromatic carbocycles. The molecular formula is C26H34N2O7S. The van der Waals surface area contributed by atoms with Crippen LogP contribution in [0.2, 0.25) is 0 Å². The molecule has 196 valence electrons. The van der Waals surface area contributed by atoms with E-state index in [4.69, 9.17) is 14.6 Å². The largest absolute Gasteiger partial charge is 0.489 e. The summed E-state index contributed by atoms with van der Waals surface area (Å²) in [4.78, 5) is 24.3. The van der Waals surface area contributed by atoms with Crippen molar-refractivity contribution in [2.45, 2.75) is 51.4 Å². The summed E-state index contributed by atoms with van der Waals surface area (Å²) in [5, 5.41) is 8.89. The molecule has 1 N–H and O–H groups in total. The highest BCUT2D eigenvalue weighted by atomic mass is 32.2. The van der Waals surface area contributed by atoms with Gasteiger partial charge in [0, 0.05) is 32.0 Å². The maximum Gasteiger partial charge on any atom is 0.323 e. The van der Waals surface area contributed by atoms with Crippen molar-refractivity contribution in [3.63, 3.8) is 0 Å². The maximum atomic E-state index is 12.9. The monoisotopic (exact) mass is 518 g/mol. The quantitative estimate of drug-likeness (QED) is 0.485. The van der Waals surface area contributed by atoms with Crippen LogP contribution in [-0.2, 0) is 26.2 Å². The van der Waals surface area contributed by atoms with Gasteiger partial charge < -0.3 is 19.5 Å². The molecule has 36 heavy (non-hydrogen) atoms. The zero-order valence-corrected chi connectivity index (χ0v) is 22.0. The number of ether oxygens (including phenoxy) is 2. The minimum atomic E-state index is -3.64. The van der Waals surface area contributed by atoms with Gasteiger partial charge in [-0.25, -0.2) is 8.42 Å². The number of carbonyl (C=O) groups excluding carboxylic acids is 1. The number of aliphatic carboxylic acids is 1. The average Bonchev–Trinajstić information content (AvgIpc) is 2.79. The Labute approximate surface area is 212 Å². The lowest BCUT2D eigenvalue weighted by atomic mass is 9.89. The van der Waals surface area contributed by atoms with Crippen LogP contribution >= 0.6 is 0 Å². The van der Waals surface area contributed by atoms with Crippen LogP contribution in [0.4, 0.5) is 0 Å². The Hall–Kier alpha value is -3.11. The molecule has 1 unspecified atom stereocenters. The highest BCUT2D eigenvalue weighted by molar-refractivity contribution is 7.88. The standard InChI is InChI=1S/C26H34N2O7S/c1-26(2)16-22(28(36(4,32)33)14-8-11-24(29)27(3)17-25(30)31)21-15-20(12-13-23(21)35-26)34-18-19-9-6-5-7-10-19/h5-7,9-10,12-13,15,22H,8,11,14,16-18H2,1-4H3,(H,30,31). The highest BCUT2D eigenvalue weighted by Gasteiger charge is 2.40. The van der Waals surface area contributed by atoms with E-state index >= 15 is 0 Å². The number of carboxylic acid groups (broad SMARTS) is 1. The lowest BCUT2D eigenvalue weighted by Gasteiger charge is -2.41. The molecule has 1 heterocycles. The summed E-state index contributed by atoms with van der Waals surface area (Å²) in [5.41, 5.74) is 1.11. The van der Waals surface area contributed by atoms with Crippen molar-refractivity contribution >= 4 is 21.9 Å². The fourth-order valence-electron chi connectivity index (χ4n) is 4.30. The van der Waals surface area contributed by atoms with Crippen molar-refractivity contribution < 1.29 is 32.6 Å². The average molecular weight is 519 g/mol. The van der Waals surface area contributed by atoms with E-state index < -0.39 is 34.2 Å². The molecule has 1 atom stereocenters. The Morgan fingerprint density at radius 2 is 1.86 bits per heavy atom. The van der Waals surface area contributed by atoms with Crippen molar-refractivity contribution in [3.8, 4) is 11.5 Å². The molecule has 3 rings (SSSR count). The molecule has 10 heteroatoms. The van der Waals surface area contributed by atoms with Gasteiger partial charge in [0.1, 0.15) is 30.3 Å². The highest BCUT2D eigenvalue weighted by Crippen LogP contribution is 2.45. The number of sulfonamides is 1. The molecule has 0 saturated heterocycles. The van der Waals surface area contributed by atoms with E-state index in [1.54, 1.807) is 6.07 Å². The summed E-state index contributed by atoms with van der Waals surface area (Å²) in [6, 6.07) is 14.7. The molecule has 0 aliphatic carbocycles. The van der Waals surface area contributed by atoms with E-state index in [2.05, 4.69) is 0 Å². The topological polar surface area (TPSA) is 113 Å². The predicted molar refractivity (Wildman–Crippen MR) is 135 cm³/mol. The molecule has 1 aliphatic heterocycles. The van der Waals surface area contributed by atoms with Gasteiger partial charge in [0.15, 0.2) is 0 Å². The van der Waals surface area contributed by atoms with E-state index in [9.17, 15) is 18.0 Å². The number of hydrogen-bond donors (Lipinski definition) is 1. The van der Waals surface area contributed by atoms with Crippen LogP contribution in [0.25, 0.3) is 0 Å². The summed E-state index contributed by atoms with van der Waals surface area (Å²) < 4.78 is 39.3. The number of nitrogens with zero attached hydrogens (tertiary/aromatic N) is 2. The molecule has 0 spiro atoms. The van der Waals surface area contributed by atoms with Gasteiger partial charge in [0.2, 0.25) is 15.9 Å². The second-order valence-corrected chi connectivity index (χ2v) is 11.6. The van der Waals surface area contributed by atoms with Crippen LogP contribution in [0.3, 0.4) is 0 Å². The molecule has 0 aromatic heterocycles. The van der Waals surface area contributed by atoms with Crippen LogP contribution in [0.15, 0.2) is 48.5 Å². The number of carbonyl (C=O) groups is 2. The number of amides is 1. The molecule has 0 bridgehead atoms. The fraction of sp³-hybridized carbons (Fsp3) is 0.462. The zero-order valence-electron chi connectivity index (χ0n) is 21.1. The Balaban J connectivity index is 1.81. The second-order valence-electron chi connectivity index (χ2n) is 9.68. The fourth-order valence-corrected chi connectivity index (χ4v) is 5.41. The van der Waals surface area contributed by atoms with E-state index in [1.165, 1.54) is 11.4 Å². The van der Waals surface area contributed by atoms with Crippen molar-refractivity contribution in [3.05, 3.63) is 59.7 Å². The lowest BCUT2D eigenvalue weighted by molar-refractivity contribution is -0.143. The first kappa shape index (κ1) is 27.5. The Bertz CT molecular complexity index is 1180. The van der Waals surface area contributed by atoms with Gasteiger partial charge in [-0.15, -0.1) is 0 Å². The summed E-state index contributed by atoms with van der Waals surface area (Å²) >= 11 is 0. The predicted octanol–water partition coefficient (Wildman–Crippen LogP) is 3.45. The number of likely N-dealkylation sites (N-methyl/N-ethyl adjacent to an activating group) is 1. The smallest absolute Gasteiger partial charge is 0.323 e. The van der Waals surface area contributed by atoms with E-state index in [1.807, 2.05) is 56.3 Å². The van der Waals surface area contributed by atoms with Crippen molar-refractivity contribution in [1.82, 2.24) is 9.21 Å². The number of fused-ring (bicyclic) bond motifs is 1. The molecular weight excluding hydrogens is 484 g/mol. The summed E-state index contributed by atoms with van der Waals surface area (Å²) in [7, 11) is -2.23. The maximum absolute atomic E-state index is 12.9. The van der Waals surface area contributed by atoms with Crippen LogP contribution in [0.5, 0.6) is 11.5 Å². The number of carboxylic acids is 1. The third kappa shape index (κ3) is 7.44. The lowest BCUT2D eigenvalue weighted by Crippen LogP contribution is -2.44. The first-order valence-electron chi connectivity index (χ1n) is 11.8. The molecule has 1 aliphatic rings. The van der Waals surface area contributed by atoms with Gasteiger partial charge in [-0.3, -0.25) is 9.59 Å². The van der Waals surface area contributed by atoms with Gasteiger partial charge in [0.05, 0.1) is 12.3 Å². The van der Waals surface area contributed by atoms with Crippen molar-refractivity contribution in [1.29, 1.82) is 0 Å². The summed E-state index contributed by atoms with van der Waals surface area (Å²) in [6.45, 7) is 3.91. The molecule has 0 saturated carbocycles. The van der Waals surface area contributed by atoms with Crippen LogP contribution in [-0.4, -0.2) is 66.6 Å². The molecule has 9 nitrogen and oxygen atoms in total. The van der Waals surface area contributed by atoms with E-state index in [0.717, 1.165) is 16.7 Å². The van der Waals surface area contributed by atoms with E-state index in [-0.39, 0.29) is 25.3 Å². The van der Waals surface area contributed by atoms with Gasteiger partial charge in [0.25, 0.3) is 0 Å². The van der Waals surface area contributed by atoms with E-state index in [0.29, 0.717) is 30.1 Å². The molecule has 0 radical (unpaired) electrons. The van der Waals surface area contributed by atoms with Crippen molar-refractivity contribution in [2.75, 3.05) is 26.4 Å². The van der Waals surface area contributed by atoms with Gasteiger partial charge in [-0.05, 0) is 44.0 Å².